The summed E-state index contributed by atoms with van der Waals surface area (Å²) in [6, 6.07) is 12.7. The van der Waals surface area contributed by atoms with Gasteiger partial charge in [-0.05, 0) is 70.9 Å². The predicted octanol–water partition coefficient (Wildman–Crippen LogP) is 5.27. The molecule has 0 radical (unpaired) electrons. The number of benzene rings is 2. The molecule has 1 fully saturated rings. The number of ether oxygens (including phenoxy) is 2. The number of aromatic nitrogens is 1. The first-order chi connectivity index (χ1) is 17.9. The van der Waals surface area contributed by atoms with E-state index < -0.39 is 0 Å². The topological polar surface area (TPSA) is 54.3 Å². The van der Waals surface area contributed by atoms with E-state index in [4.69, 9.17) is 14.6 Å². The fourth-order valence-corrected chi connectivity index (χ4v) is 5.82. The fraction of sp³-hybridized carbons (Fsp3) is 0.433. The first-order valence-electron chi connectivity index (χ1n) is 13.3. The quantitative estimate of drug-likeness (QED) is 0.517. The molecule has 0 saturated carbocycles. The minimum Gasteiger partial charge on any atom is -0.494 e. The molecule has 7 heteroatoms. The molecule has 1 unspecified atom stereocenters. The molecule has 0 spiro atoms. The van der Waals surface area contributed by atoms with Gasteiger partial charge in [0.2, 0.25) is 0 Å². The van der Waals surface area contributed by atoms with Crippen LogP contribution in [0.5, 0.6) is 11.5 Å². The van der Waals surface area contributed by atoms with Crippen LogP contribution in [0.15, 0.2) is 41.5 Å². The molecule has 0 amide bonds. The molecule has 37 heavy (non-hydrogen) atoms. The summed E-state index contributed by atoms with van der Waals surface area (Å²) in [5.74, 6) is 2.66. The van der Waals surface area contributed by atoms with Gasteiger partial charge in [-0.3, -0.25) is 5.01 Å². The van der Waals surface area contributed by atoms with Crippen LogP contribution >= 0.6 is 0 Å². The van der Waals surface area contributed by atoms with Gasteiger partial charge in [0.05, 0.1) is 31.1 Å². The Labute approximate surface area is 220 Å². The summed E-state index contributed by atoms with van der Waals surface area (Å²) in [5, 5.41) is 11.1. The molecule has 7 nitrogen and oxygen atoms in total. The highest BCUT2D eigenvalue weighted by Gasteiger charge is 2.36. The molecule has 0 aliphatic carbocycles. The lowest BCUT2D eigenvalue weighted by molar-refractivity contribution is 0.336. The van der Waals surface area contributed by atoms with Crippen molar-refractivity contribution in [1.82, 2.24) is 14.8 Å². The number of rotatable bonds is 5. The molecule has 3 aromatic rings. The lowest BCUT2D eigenvalue weighted by Crippen LogP contribution is -2.49. The summed E-state index contributed by atoms with van der Waals surface area (Å²) in [6.45, 7) is 17.5. The highest BCUT2D eigenvalue weighted by Crippen LogP contribution is 2.42. The molecule has 2 aliphatic heterocycles. The average Bonchev–Trinajstić information content (AvgIpc) is 3.17. The van der Waals surface area contributed by atoms with E-state index in [9.17, 15) is 0 Å². The summed E-state index contributed by atoms with van der Waals surface area (Å²) >= 11 is 0. The van der Waals surface area contributed by atoms with Gasteiger partial charge in [0.25, 0.3) is 0 Å². The molecule has 1 saturated heterocycles. The zero-order valence-electron chi connectivity index (χ0n) is 23.2. The van der Waals surface area contributed by atoms with Crippen LogP contribution in [0.25, 0.3) is 5.69 Å². The van der Waals surface area contributed by atoms with Crippen LogP contribution in [-0.4, -0.2) is 55.2 Å². The Morgan fingerprint density at radius 2 is 1.76 bits per heavy atom. The summed E-state index contributed by atoms with van der Waals surface area (Å²) in [4.78, 5) is 2.44. The zero-order chi connectivity index (χ0) is 26.3. The maximum atomic E-state index is 5.86. The standard InChI is InChI=1S/C30H39N5O2/c1-8-37-24-12-13-26(27(18-24)36-7)34-21(4)28-23(6)35(25-11-9-10-19(2)20(25)3)32-30(29(28)22(34)5)33-16-14-31-15-17-33/h9-13,18,23,31H,8,14-17H2,1-7H3. The molecule has 0 bridgehead atoms. The summed E-state index contributed by atoms with van der Waals surface area (Å²) < 4.78 is 13.9. The number of hydrazone groups is 1. The van der Waals surface area contributed by atoms with E-state index in [1.165, 1.54) is 33.6 Å². The van der Waals surface area contributed by atoms with Crippen molar-refractivity contribution >= 4 is 11.5 Å². The van der Waals surface area contributed by atoms with Gasteiger partial charge in [-0.25, -0.2) is 0 Å². The second-order valence-corrected chi connectivity index (χ2v) is 9.96. The maximum Gasteiger partial charge on any atom is 0.158 e. The first-order valence-corrected chi connectivity index (χ1v) is 13.3. The van der Waals surface area contributed by atoms with Gasteiger partial charge in [-0.15, -0.1) is 0 Å². The van der Waals surface area contributed by atoms with Crippen LogP contribution in [0.1, 0.15) is 53.5 Å². The van der Waals surface area contributed by atoms with Gasteiger partial charge in [0, 0.05) is 54.8 Å². The predicted molar refractivity (Wildman–Crippen MR) is 151 cm³/mol. The van der Waals surface area contributed by atoms with Crippen LogP contribution in [-0.2, 0) is 0 Å². The van der Waals surface area contributed by atoms with Crippen molar-refractivity contribution in [2.24, 2.45) is 5.10 Å². The van der Waals surface area contributed by atoms with Crippen molar-refractivity contribution in [2.75, 3.05) is 44.9 Å². The SMILES string of the molecule is CCOc1ccc(-n2c(C)c3c(c2C)C(C)N(c2cccc(C)c2C)N=C3N2CCNCC2)c(OC)c1. The summed E-state index contributed by atoms with van der Waals surface area (Å²) in [7, 11) is 1.72. The maximum absolute atomic E-state index is 5.86. The van der Waals surface area contributed by atoms with E-state index >= 15 is 0 Å². The van der Waals surface area contributed by atoms with Crippen LogP contribution in [0.2, 0.25) is 0 Å². The number of amidine groups is 1. The van der Waals surface area contributed by atoms with Gasteiger partial charge in [0.15, 0.2) is 5.84 Å². The van der Waals surface area contributed by atoms with Crippen molar-refractivity contribution in [2.45, 2.75) is 47.6 Å². The van der Waals surface area contributed by atoms with Crippen molar-refractivity contribution < 1.29 is 9.47 Å². The van der Waals surface area contributed by atoms with E-state index in [1.807, 2.05) is 19.1 Å². The second-order valence-electron chi connectivity index (χ2n) is 9.96. The Bertz CT molecular complexity index is 1340. The van der Waals surface area contributed by atoms with Crippen LogP contribution in [0.3, 0.4) is 0 Å². The van der Waals surface area contributed by atoms with Crippen LogP contribution in [0.4, 0.5) is 5.69 Å². The van der Waals surface area contributed by atoms with Crippen molar-refractivity contribution in [3.8, 4) is 17.2 Å². The number of nitrogens with zero attached hydrogens (tertiary/aromatic N) is 4. The van der Waals surface area contributed by atoms with Gasteiger partial charge in [-0.2, -0.15) is 5.10 Å². The highest BCUT2D eigenvalue weighted by molar-refractivity contribution is 6.04. The van der Waals surface area contributed by atoms with Crippen molar-refractivity contribution in [3.63, 3.8) is 0 Å². The second kappa shape index (κ2) is 10.1. The highest BCUT2D eigenvalue weighted by atomic mass is 16.5. The van der Waals surface area contributed by atoms with Gasteiger partial charge >= 0.3 is 0 Å². The number of anilines is 1. The minimum atomic E-state index is 0.0795. The first kappa shape index (κ1) is 25.2. The Morgan fingerprint density at radius 1 is 1.00 bits per heavy atom. The Hall–Kier alpha value is -3.45. The summed E-state index contributed by atoms with van der Waals surface area (Å²) in [6.07, 6.45) is 0. The molecular formula is C30H39N5O2. The largest absolute Gasteiger partial charge is 0.494 e. The number of aryl methyl sites for hydroxylation is 1. The Kier molecular flexibility index (Phi) is 6.90. The third-order valence-electron chi connectivity index (χ3n) is 7.84. The lowest BCUT2D eigenvalue weighted by atomic mass is 9.97. The molecule has 1 aromatic heterocycles. The van der Waals surface area contributed by atoms with Crippen LogP contribution in [0, 0.1) is 27.7 Å². The van der Waals surface area contributed by atoms with Gasteiger partial charge < -0.3 is 24.3 Å². The van der Waals surface area contributed by atoms with Gasteiger partial charge in [-0.1, -0.05) is 12.1 Å². The molecule has 196 valence electrons. The number of methoxy groups -OCH3 is 1. The van der Waals surface area contributed by atoms with E-state index in [0.29, 0.717) is 6.61 Å². The summed E-state index contributed by atoms with van der Waals surface area (Å²) in [5.41, 5.74) is 9.67. The third kappa shape index (κ3) is 4.25. The average molecular weight is 502 g/mol. The molecule has 2 aromatic carbocycles. The number of piperazine rings is 1. The third-order valence-corrected chi connectivity index (χ3v) is 7.84. The van der Waals surface area contributed by atoms with E-state index in [0.717, 1.165) is 54.9 Å². The molecule has 1 atom stereocenters. The normalized spacial score (nSPS) is 17.5. The fourth-order valence-electron chi connectivity index (χ4n) is 5.82. The Balaban J connectivity index is 1.72. The van der Waals surface area contributed by atoms with Crippen molar-refractivity contribution in [1.29, 1.82) is 0 Å². The van der Waals surface area contributed by atoms with E-state index in [-0.39, 0.29) is 6.04 Å². The smallest absolute Gasteiger partial charge is 0.158 e. The molecule has 5 rings (SSSR count). The number of hydrogen-bond acceptors (Lipinski definition) is 6. The number of nitrogens with one attached hydrogen (secondary N) is 1. The molecule has 1 N–H and O–H groups in total. The Morgan fingerprint density at radius 3 is 2.46 bits per heavy atom. The van der Waals surface area contributed by atoms with E-state index in [1.54, 1.807) is 7.11 Å². The van der Waals surface area contributed by atoms with Gasteiger partial charge in [0.1, 0.15) is 11.5 Å². The molecule has 2 aliphatic rings. The monoisotopic (exact) mass is 501 g/mol. The lowest BCUT2D eigenvalue weighted by Gasteiger charge is -2.38. The van der Waals surface area contributed by atoms with Crippen molar-refractivity contribution in [3.05, 3.63) is 70.0 Å². The number of fused-ring (bicyclic) bond motifs is 1. The van der Waals surface area contributed by atoms with E-state index in [2.05, 4.69) is 78.7 Å². The number of hydrogen-bond donors (Lipinski definition) is 1. The molecular weight excluding hydrogens is 462 g/mol. The minimum absolute atomic E-state index is 0.0795. The van der Waals surface area contributed by atoms with Crippen LogP contribution < -0.4 is 19.8 Å². The molecule has 3 heterocycles. The zero-order valence-corrected chi connectivity index (χ0v) is 23.2.